The van der Waals surface area contributed by atoms with Crippen LogP contribution < -0.4 is 4.90 Å². The number of anilines is 1. The van der Waals surface area contributed by atoms with Crippen LogP contribution in [0.1, 0.15) is 5.56 Å². The molecule has 0 aliphatic heterocycles. The molecule has 0 bridgehead atoms. The van der Waals surface area contributed by atoms with Crippen molar-refractivity contribution < 1.29 is 4.79 Å². The molecule has 0 atom stereocenters. The fourth-order valence-electron chi connectivity index (χ4n) is 0.730. The molecule has 4 nitrogen and oxygen atoms in total. The Labute approximate surface area is 76.6 Å². The quantitative estimate of drug-likeness (QED) is 0.448. The van der Waals surface area contributed by atoms with Gasteiger partial charge in [-0.1, -0.05) is 5.92 Å². The van der Waals surface area contributed by atoms with Crippen LogP contribution in [-0.4, -0.2) is 30.3 Å². The minimum atomic E-state index is 0.542. The molecule has 0 aliphatic rings. The maximum atomic E-state index is 9.93. The normalized spacial score (nSPS) is 8.46. The maximum Gasteiger partial charge on any atom is 0.224 e. The number of carbonyl (C=O) groups is 1. The molecule has 1 rings (SSSR count). The van der Waals surface area contributed by atoms with E-state index in [1.165, 1.54) is 0 Å². The SMILES string of the molecule is CN(C)c1ncc(C#CC=O)cn1. The molecule has 4 heteroatoms. The molecular weight excluding hydrogens is 166 g/mol. The number of rotatable bonds is 1. The zero-order valence-electron chi connectivity index (χ0n) is 7.48. The summed E-state index contributed by atoms with van der Waals surface area (Å²) < 4.78 is 0. The second-order valence-corrected chi connectivity index (χ2v) is 2.55. The van der Waals surface area contributed by atoms with Crippen molar-refractivity contribution in [1.82, 2.24) is 9.97 Å². The summed E-state index contributed by atoms with van der Waals surface area (Å²) in [5.41, 5.74) is 0.637. The predicted octanol–water partition coefficient (Wildman–Crippen LogP) is 0.0930. The minimum absolute atomic E-state index is 0.542. The second-order valence-electron chi connectivity index (χ2n) is 2.55. The molecule has 0 amide bonds. The van der Waals surface area contributed by atoms with Gasteiger partial charge < -0.3 is 4.90 Å². The molecule has 0 aromatic carbocycles. The Hall–Kier alpha value is -1.89. The lowest BCUT2D eigenvalue weighted by Crippen LogP contribution is -2.12. The van der Waals surface area contributed by atoms with Crippen LogP contribution in [0.15, 0.2) is 12.4 Å². The van der Waals surface area contributed by atoms with Gasteiger partial charge in [-0.3, -0.25) is 4.79 Å². The van der Waals surface area contributed by atoms with E-state index < -0.39 is 0 Å². The van der Waals surface area contributed by atoms with E-state index in [-0.39, 0.29) is 0 Å². The van der Waals surface area contributed by atoms with Gasteiger partial charge in [-0.05, 0) is 5.92 Å². The molecule has 1 heterocycles. The first-order valence-corrected chi connectivity index (χ1v) is 3.68. The van der Waals surface area contributed by atoms with E-state index in [2.05, 4.69) is 21.8 Å². The molecule has 0 saturated carbocycles. The minimum Gasteiger partial charge on any atom is -0.347 e. The van der Waals surface area contributed by atoms with Crippen molar-refractivity contribution in [2.75, 3.05) is 19.0 Å². The fraction of sp³-hybridized carbons (Fsp3) is 0.222. The van der Waals surface area contributed by atoms with Crippen LogP contribution in [-0.2, 0) is 4.79 Å². The van der Waals surface area contributed by atoms with Crippen molar-refractivity contribution >= 4 is 12.2 Å². The topological polar surface area (TPSA) is 46.1 Å². The summed E-state index contributed by atoms with van der Waals surface area (Å²) >= 11 is 0. The smallest absolute Gasteiger partial charge is 0.224 e. The third-order valence-corrected chi connectivity index (χ3v) is 1.31. The number of carbonyl (C=O) groups excluding carboxylic acids is 1. The molecule has 0 fully saturated rings. The van der Waals surface area contributed by atoms with Crippen LogP contribution >= 0.6 is 0 Å². The third-order valence-electron chi connectivity index (χ3n) is 1.31. The lowest BCUT2D eigenvalue weighted by Gasteiger charge is -2.07. The van der Waals surface area contributed by atoms with E-state index in [0.29, 0.717) is 17.8 Å². The Balaban J connectivity index is 2.87. The van der Waals surface area contributed by atoms with Crippen molar-refractivity contribution in [2.45, 2.75) is 0 Å². The highest BCUT2D eigenvalue weighted by molar-refractivity contribution is 5.73. The predicted molar refractivity (Wildman–Crippen MR) is 49.3 cm³/mol. The Morgan fingerprint density at radius 3 is 2.46 bits per heavy atom. The van der Waals surface area contributed by atoms with Gasteiger partial charge in [0.15, 0.2) is 6.29 Å². The van der Waals surface area contributed by atoms with Crippen LogP contribution in [0.5, 0.6) is 0 Å². The van der Waals surface area contributed by atoms with Crippen LogP contribution in [0.4, 0.5) is 5.95 Å². The molecule has 0 unspecified atom stereocenters. The summed E-state index contributed by atoms with van der Waals surface area (Å²) in [6.45, 7) is 0. The summed E-state index contributed by atoms with van der Waals surface area (Å²) in [6, 6.07) is 0. The van der Waals surface area contributed by atoms with Crippen molar-refractivity contribution in [3.63, 3.8) is 0 Å². The zero-order chi connectivity index (χ0) is 9.68. The first-order chi connectivity index (χ1) is 6.24. The van der Waals surface area contributed by atoms with Gasteiger partial charge in [-0.15, -0.1) is 0 Å². The van der Waals surface area contributed by atoms with Gasteiger partial charge in [-0.2, -0.15) is 0 Å². The number of nitrogens with zero attached hydrogens (tertiary/aromatic N) is 3. The average molecular weight is 175 g/mol. The van der Waals surface area contributed by atoms with Crippen LogP contribution in [0, 0.1) is 11.8 Å². The molecule has 0 aliphatic carbocycles. The summed E-state index contributed by atoms with van der Waals surface area (Å²) in [7, 11) is 3.71. The van der Waals surface area contributed by atoms with Crippen molar-refractivity contribution in [3.05, 3.63) is 18.0 Å². The molecule has 66 valence electrons. The van der Waals surface area contributed by atoms with Gasteiger partial charge >= 0.3 is 0 Å². The van der Waals surface area contributed by atoms with Crippen LogP contribution in [0.3, 0.4) is 0 Å². The molecule has 0 spiro atoms. The third kappa shape index (κ3) is 2.56. The Morgan fingerprint density at radius 1 is 1.38 bits per heavy atom. The van der Waals surface area contributed by atoms with Crippen molar-refractivity contribution in [1.29, 1.82) is 0 Å². The van der Waals surface area contributed by atoms with Crippen LogP contribution in [0.2, 0.25) is 0 Å². The highest BCUT2D eigenvalue weighted by Gasteiger charge is 1.96. The monoisotopic (exact) mass is 175 g/mol. The standard InChI is InChI=1S/C9H9N3O/c1-12(2)9-10-6-8(7-11-9)4-3-5-13/h5-7H,1-2H3. The van der Waals surface area contributed by atoms with Gasteiger partial charge in [0, 0.05) is 26.5 Å². The molecule has 1 aromatic rings. The average Bonchev–Trinajstić information content (AvgIpc) is 2.15. The van der Waals surface area contributed by atoms with Crippen molar-refractivity contribution in [2.24, 2.45) is 0 Å². The largest absolute Gasteiger partial charge is 0.347 e. The zero-order valence-corrected chi connectivity index (χ0v) is 7.48. The number of hydrogen-bond donors (Lipinski definition) is 0. The number of hydrogen-bond acceptors (Lipinski definition) is 4. The van der Waals surface area contributed by atoms with Gasteiger partial charge in [0.05, 0.1) is 5.56 Å². The summed E-state index contributed by atoms with van der Waals surface area (Å²) in [4.78, 5) is 19.8. The highest BCUT2D eigenvalue weighted by Crippen LogP contribution is 2.01. The van der Waals surface area contributed by atoms with E-state index >= 15 is 0 Å². The Kier molecular flexibility index (Phi) is 2.98. The van der Waals surface area contributed by atoms with E-state index in [4.69, 9.17) is 0 Å². The molecule has 0 radical (unpaired) electrons. The molecule has 1 aromatic heterocycles. The molecule has 0 saturated heterocycles. The molecule has 0 N–H and O–H groups in total. The van der Waals surface area contributed by atoms with Crippen molar-refractivity contribution in [3.8, 4) is 11.8 Å². The maximum absolute atomic E-state index is 9.93. The van der Waals surface area contributed by atoms with Gasteiger partial charge in [0.25, 0.3) is 0 Å². The van der Waals surface area contributed by atoms with Crippen LogP contribution in [0.25, 0.3) is 0 Å². The van der Waals surface area contributed by atoms with Gasteiger partial charge in [-0.25, -0.2) is 9.97 Å². The summed E-state index contributed by atoms with van der Waals surface area (Å²) in [5.74, 6) is 5.51. The van der Waals surface area contributed by atoms with E-state index in [0.717, 1.165) is 0 Å². The second kappa shape index (κ2) is 4.21. The first-order valence-electron chi connectivity index (χ1n) is 3.68. The highest BCUT2D eigenvalue weighted by atomic mass is 16.1. The Bertz CT molecular complexity index is 345. The van der Waals surface area contributed by atoms with Gasteiger partial charge in [0.1, 0.15) is 0 Å². The van der Waals surface area contributed by atoms with E-state index in [1.54, 1.807) is 17.3 Å². The molecular formula is C9H9N3O. The number of aromatic nitrogens is 2. The first kappa shape index (κ1) is 9.20. The Morgan fingerprint density at radius 2 is 2.00 bits per heavy atom. The fourth-order valence-corrected chi connectivity index (χ4v) is 0.730. The summed E-state index contributed by atoms with van der Waals surface area (Å²) in [5, 5.41) is 0. The van der Waals surface area contributed by atoms with Gasteiger partial charge in [0.2, 0.25) is 5.95 Å². The lowest BCUT2D eigenvalue weighted by atomic mass is 10.3. The molecule has 13 heavy (non-hydrogen) atoms. The van der Waals surface area contributed by atoms with E-state index in [9.17, 15) is 4.79 Å². The lowest BCUT2D eigenvalue weighted by molar-refractivity contribution is -0.103. The number of aldehydes is 1. The van der Waals surface area contributed by atoms with E-state index in [1.807, 2.05) is 14.1 Å². The summed E-state index contributed by atoms with van der Waals surface area (Å²) in [6.07, 6.45) is 3.71.